The summed E-state index contributed by atoms with van der Waals surface area (Å²) < 4.78 is 23.7. The van der Waals surface area contributed by atoms with Crippen LogP contribution in [0.1, 0.15) is 12.8 Å². The molecule has 94 valence electrons. The maximum absolute atomic E-state index is 11.4. The van der Waals surface area contributed by atoms with E-state index in [1.165, 1.54) is 6.26 Å². The van der Waals surface area contributed by atoms with E-state index in [-0.39, 0.29) is 5.25 Å². The second-order valence-corrected chi connectivity index (χ2v) is 7.46. The summed E-state index contributed by atoms with van der Waals surface area (Å²) in [7, 11) is -2.91. The molecule has 1 aliphatic heterocycles. The lowest BCUT2D eigenvalue weighted by Crippen LogP contribution is -2.39. The van der Waals surface area contributed by atoms with Crippen molar-refractivity contribution in [2.75, 3.05) is 24.2 Å². The Morgan fingerprint density at radius 1 is 1.29 bits per heavy atom. The average Bonchev–Trinajstić information content (AvgIpc) is 2.29. The molecule has 0 aromatic carbocycles. The lowest BCUT2D eigenvalue weighted by molar-refractivity contribution is 0.529. The summed E-state index contributed by atoms with van der Waals surface area (Å²) in [6.45, 7) is 1.39. The quantitative estimate of drug-likeness (QED) is 0.821. The van der Waals surface area contributed by atoms with Gasteiger partial charge >= 0.3 is 0 Å². The van der Waals surface area contributed by atoms with E-state index in [1.54, 1.807) is 12.4 Å². The summed E-state index contributed by atoms with van der Waals surface area (Å²) >= 11 is 3.28. The van der Waals surface area contributed by atoms with Gasteiger partial charge in [-0.3, -0.25) is 0 Å². The topological polar surface area (TPSA) is 63.2 Å². The molecule has 0 amide bonds. The number of piperidine rings is 1. The molecule has 0 atom stereocenters. The van der Waals surface area contributed by atoms with Crippen LogP contribution < -0.4 is 4.90 Å². The molecule has 0 saturated carbocycles. The molecule has 0 spiro atoms. The normalized spacial score (nSPS) is 18.4. The van der Waals surface area contributed by atoms with Crippen molar-refractivity contribution in [3.63, 3.8) is 0 Å². The largest absolute Gasteiger partial charge is 0.341 e. The molecule has 7 heteroatoms. The number of nitrogens with zero attached hydrogens (tertiary/aromatic N) is 3. The summed E-state index contributed by atoms with van der Waals surface area (Å²) in [5.74, 6) is 0.667. The molecule has 1 saturated heterocycles. The minimum atomic E-state index is -2.91. The van der Waals surface area contributed by atoms with E-state index in [2.05, 4.69) is 25.9 Å². The molecule has 17 heavy (non-hydrogen) atoms. The zero-order valence-corrected chi connectivity index (χ0v) is 11.9. The van der Waals surface area contributed by atoms with Crippen molar-refractivity contribution in [2.45, 2.75) is 18.1 Å². The van der Waals surface area contributed by atoms with E-state index in [0.29, 0.717) is 31.9 Å². The Morgan fingerprint density at radius 3 is 2.29 bits per heavy atom. The smallest absolute Gasteiger partial charge is 0.225 e. The highest BCUT2D eigenvalue weighted by atomic mass is 79.9. The highest BCUT2D eigenvalue weighted by Gasteiger charge is 2.27. The van der Waals surface area contributed by atoms with Crippen LogP contribution in [-0.2, 0) is 9.84 Å². The Balaban J connectivity index is 2.02. The van der Waals surface area contributed by atoms with Gasteiger partial charge in [0, 0.05) is 31.7 Å². The third kappa shape index (κ3) is 3.16. The van der Waals surface area contributed by atoms with E-state index in [0.717, 1.165) is 4.47 Å². The molecule has 0 unspecified atom stereocenters. The maximum atomic E-state index is 11.4. The van der Waals surface area contributed by atoms with Crippen LogP contribution >= 0.6 is 15.9 Å². The molecular formula is C10H14BrN3O2S. The van der Waals surface area contributed by atoms with Crippen LogP contribution in [0.5, 0.6) is 0 Å². The molecule has 2 rings (SSSR count). The van der Waals surface area contributed by atoms with Gasteiger partial charge in [0.15, 0.2) is 0 Å². The van der Waals surface area contributed by atoms with E-state index < -0.39 is 9.84 Å². The van der Waals surface area contributed by atoms with Crippen molar-refractivity contribution in [1.82, 2.24) is 9.97 Å². The molecule has 5 nitrogen and oxygen atoms in total. The fourth-order valence-corrected chi connectivity index (χ4v) is 3.22. The number of anilines is 1. The van der Waals surface area contributed by atoms with Gasteiger partial charge in [-0.25, -0.2) is 18.4 Å². The van der Waals surface area contributed by atoms with Crippen molar-refractivity contribution in [1.29, 1.82) is 0 Å². The van der Waals surface area contributed by atoms with E-state index in [4.69, 9.17) is 0 Å². The van der Waals surface area contributed by atoms with Crippen LogP contribution in [0.3, 0.4) is 0 Å². The van der Waals surface area contributed by atoms with Crippen molar-refractivity contribution in [3.8, 4) is 0 Å². The van der Waals surface area contributed by atoms with E-state index in [1.807, 2.05) is 4.90 Å². The first-order valence-electron chi connectivity index (χ1n) is 5.38. The molecule has 0 N–H and O–H groups in total. The third-order valence-corrected chi connectivity index (χ3v) is 5.03. The number of hydrogen-bond donors (Lipinski definition) is 0. The first-order valence-corrected chi connectivity index (χ1v) is 8.13. The fraction of sp³-hybridized carbons (Fsp3) is 0.600. The highest BCUT2D eigenvalue weighted by Crippen LogP contribution is 2.20. The van der Waals surface area contributed by atoms with E-state index >= 15 is 0 Å². The first kappa shape index (κ1) is 12.8. The highest BCUT2D eigenvalue weighted by molar-refractivity contribution is 9.10. The van der Waals surface area contributed by atoms with Gasteiger partial charge in [0.2, 0.25) is 5.95 Å². The van der Waals surface area contributed by atoms with Gasteiger partial charge in [0.25, 0.3) is 0 Å². The van der Waals surface area contributed by atoms with Crippen LogP contribution in [0.2, 0.25) is 0 Å². The van der Waals surface area contributed by atoms with Crippen LogP contribution in [0, 0.1) is 0 Å². The van der Waals surface area contributed by atoms with Crippen molar-refractivity contribution < 1.29 is 8.42 Å². The summed E-state index contributed by atoms with van der Waals surface area (Å²) in [6.07, 6.45) is 6.01. The minimum Gasteiger partial charge on any atom is -0.341 e. The van der Waals surface area contributed by atoms with Crippen LogP contribution in [0.15, 0.2) is 16.9 Å². The maximum Gasteiger partial charge on any atom is 0.225 e. The van der Waals surface area contributed by atoms with Gasteiger partial charge in [-0.2, -0.15) is 0 Å². The van der Waals surface area contributed by atoms with Gasteiger partial charge in [-0.1, -0.05) is 0 Å². The predicted octanol–water partition coefficient (Wildman–Crippen LogP) is 1.25. The molecule has 1 aromatic rings. The molecule has 0 radical (unpaired) electrons. The average molecular weight is 320 g/mol. The van der Waals surface area contributed by atoms with Gasteiger partial charge in [0.1, 0.15) is 9.84 Å². The van der Waals surface area contributed by atoms with Crippen molar-refractivity contribution in [2.24, 2.45) is 0 Å². The van der Waals surface area contributed by atoms with Crippen LogP contribution in [0.25, 0.3) is 0 Å². The molecular weight excluding hydrogens is 306 g/mol. The molecule has 1 aromatic heterocycles. The number of rotatable bonds is 2. The van der Waals surface area contributed by atoms with Crippen LogP contribution in [-0.4, -0.2) is 43.0 Å². The zero-order valence-electron chi connectivity index (χ0n) is 9.50. The third-order valence-electron chi connectivity index (χ3n) is 2.94. The summed E-state index contributed by atoms with van der Waals surface area (Å²) in [4.78, 5) is 10.4. The SMILES string of the molecule is CS(=O)(=O)C1CCN(c2ncc(Br)cn2)CC1. The number of halogens is 1. The Kier molecular flexibility index (Phi) is 3.67. The molecule has 1 aliphatic rings. The van der Waals surface area contributed by atoms with Gasteiger partial charge in [-0.05, 0) is 28.8 Å². The predicted molar refractivity (Wildman–Crippen MR) is 69.8 cm³/mol. The molecule has 0 aliphatic carbocycles. The Morgan fingerprint density at radius 2 is 1.82 bits per heavy atom. The Hall–Kier alpha value is -0.690. The number of hydrogen-bond acceptors (Lipinski definition) is 5. The standard InChI is InChI=1S/C10H14BrN3O2S/c1-17(15,16)9-2-4-14(5-3-9)10-12-6-8(11)7-13-10/h6-7,9H,2-5H2,1H3. The zero-order chi connectivity index (χ0) is 12.5. The lowest BCUT2D eigenvalue weighted by atomic mass is 10.1. The first-order chi connectivity index (χ1) is 7.97. The molecule has 0 bridgehead atoms. The lowest BCUT2D eigenvalue weighted by Gasteiger charge is -2.30. The van der Waals surface area contributed by atoms with Crippen molar-refractivity contribution >= 4 is 31.7 Å². The Labute approximate surface area is 109 Å². The summed E-state index contributed by atoms with van der Waals surface area (Å²) in [6, 6.07) is 0. The molecule has 1 fully saturated rings. The second-order valence-electron chi connectivity index (χ2n) is 4.22. The monoisotopic (exact) mass is 319 g/mol. The van der Waals surface area contributed by atoms with E-state index in [9.17, 15) is 8.42 Å². The van der Waals surface area contributed by atoms with Gasteiger partial charge < -0.3 is 4.90 Å². The summed E-state index contributed by atoms with van der Waals surface area (Å²) in [5, 5.41) is -0.214. The van der Waals surface area contributed by atoms with Gasteiger partial charge in [-0.15, -0.1) is 0 Å². The Bertz CT molecular complexity index is 481. The van der Waals surface area contributed by atoms with Gasteiger partial charge in [0.05, 0.1) is 9.72 Å². The number of aromatic nitrogens is 2. The number of sulfone groups is 1. The molecule has 2 heterocycles. The second kappa shape index (κ2) is 4.89. The summed E-state index contributed by atoms with van der Waals surface area (Å²) in [5.41, 5.74) is 0. The van der Waals surface area contributed by atoms with Crippen LogP contribution in [0.4, 0.5) is 5.95 Å². The van der Waals surface area contributed by atoms with Crippen molar-refractivity contribution in [3.05, 3.63) is 16.9 Å². The minimum absolute atomic E-state index is 0.214. The fourth-order valence-electron chi connectivity index (χ4n) is 1.95.